The van der Waals surface area contributed by atoms with Crippen molar-refractivity contribution >= 4 is 29.3 Å². The zero-order valence-corrected chi connectivity index (χ0v) is 12.9. The first-order valence-electron chi connectivity index (χ1n) is 6.24. The topological polar surface area (TPSA) is 49.4 Å². The van der Waals surface area contributed by atoms with E-state index in [4.69, 9.17) is 0 Å². The molecule has 108 valence electrons. The molecule has 5 heteroatoms. The smallest absolute Gasteiger partial charge is 0.253 e. The Morgan fingerprint density at radius 3 is 2.30 bits per heavy atom. The highest BCUT2D eigenvalue weighted by Gasteiger charge is 2.08. The van der Waals surface area contributed by atoms with Crippen LogP contribution in [0.1, 0.15) is 17.3 Å². The van der Waals surface area contributed by atoms with E-state index >= 15 is 0 Å². The minimum Gasteiger partial charge on any atom is -0.345 e. The molecule has 1 rings (SSSR count). The van der Waals surface area contributed by atoms with Crippen LogP contribution in [0.4, 0.5) is 5.69 Å². The molecular weight excluding hydrogens is 272 g/mol. The van der Waals surface area contributed by atoms with Crippen molar-refractivity contribution in [2.75, 3.05) is 30.9 Å². The molecule has 1 N–H and O–H groups in total. The van der Waals surface area contributed by atoms with Crippen molar-refractivity contribution in [1.82, 2.24) is 4.90 Å². The third-order valence-electron chi connectivity index (χ3n) is 2.40. The first kappa shape index (κ1) is 16.3. The summed E-state index contributed by atoms with van der Waals surface area (Å²) in [6, 6.07) is 6.88. The Kier molecular flexibility index (Phi) is 6.31. The van der Waals surface area contributed by atoms with Gasteiger partial charge in [-0.2, -0.15) is 0 Å². The molecule has 0 spiro atoms. The number of amides is 2. The first-order valence-corrected chi connectivity index (χ1v) is 7.39. The Hall–Kier alpha value is -1.75. The lowest BCUT2D eigenvalue weighted by Crippen LogP contribution is -2.21. The number of carbonyl (C=O) groups excluding carboxylic acids is 2. The van der Waals surface area contributed by atoms with E-state index in [9.17, 15) is 9.59 Å². The monoisotopic (exact) mass is 292 g/mol. The lowest BCUT2D eigenvalue weighted by molar-refractivity contribution is -0.113. The maximum atomic E-state index is 11.7. The molecule has 0 aliphatic carbocycles. The number of hydrogen-bond acceptors (Lipinski definition) is 3. The van der Waals surface area contributed by atoms with Crippen LogP contribution in [-0.2, 0) is 4.79 Å². The van der Waals surface area contributed by atoms with Gasteiger partial charge in [0.15, 0.2) is 0 Å². The summed E-state index contributed by atoms with van der Waals surface area (Å²) >= 11 is 1.53. The molecule has 0 aromatic heterocycles. The van der Waals surface area contributed by atoms with Gasteiger partial charge in [0.2, 0.25) is 5.91 Å². The molecule has 2 amide bonds. The van der Waals surface area contributed by atoms with Crippen LogP contribution >= 0.6 is 11.8 Å². The molecule has 0 bridgehead atoms. The minimum absolute atomic E-state index is 0.0528. The predicted octanol–water partition coefficient (Wildman–Crippen LogP) is 2.64. The van der Waals surface area contributed by atoms with Crippen LogP contribution in [0, 0.1) is 0 Å². The summed E-state index contributed by atoms with van der Waals surface area (Å²) in [5, 5.41) is 2.80. The summed E-state index contributed by atoms with van der Waals surface area (Å²) in [6.07, 6.45) is 0. The normalized spacial score (nSPS) is 9.95. The molecule has 0 aliphatic heterocycles. The third-order valence-corrected chi connectivity index (χ3v) is 3.57. The van der Waals surface area contributed by atoms with Crippen molar-refractivity contribution in [3.05, 3.63) is 42.0 Å². The van der Waals surface area contributed by atoms with Crippen molar-refractivity contribution in [3.63, 3.8) is 0 Å². The molecule has 0 atom stereocenters. The van der Waals surface area contributed by atoms with Gasteiger partial charge in [-0.1, -0.05) is 12.2 Å². The fraction of sp³-hybridized carbons (Fsp3) is 0.333. The van der Waals surface area contributed by atoms with Gasteiger partial charge in [0, 0.05) is 31.1 Å². The van der Waals surface area contributed by atoms with Gasteiger partial charge in [-0.15, -0.1) is 11.8 Å². The van der Waals surface area contributed by atoms with Crippen LogP contribution in [0.5, 0.6) is 0 Å². The predicted molar refractivity (Wildman–Crippen MR) is 85.2 cm³/mol. The average molecular weight is 292 g/mol. The van der Waals surface area contributed by atoms with Crippen molar-refractivity contribution in [2.45, 2.75) is 6.92 Å². The van der Waals surface area contributed by atoms with Crippen molar-refractivity contribution in [3.8, 4) is 0 Å². The summed E-state index contributed by atoms with van der Waals surface area (Å²) in [6.45, 7) is 5.72. The Balaban J connectivity index is 2.51. The van der Waals surface area contributed by atoms with E-state index < -0.39 is 0 Å². The lowest BCUT2D eigenvalue weighted by Gasteiger charge is -2.11. The van der Waals surface area contributed by atoms with Crippen molar-refractivity contribution in [1.29, 1.82) is 0 Å². The summed E-state index contributed by atoms with van der Waals surface area (Å²) in [5.41, 5.74) is 2.35. The SMILES string of the molecule is C=C(C)CSCC(=O)Nc1ccc(C(=O)N(C)C)cc1. The molecule has 4 nitrogen and oxygen atoms in total. The van der Waals surface area contributed by atoms with Gasteiger partial charge >= 0.3 is 0 Å². The number of anilines is 1. The zero-order chi connectivity index (χ0) is 15.1. The Morgan fingerprint density at radius 1 is 1.20 bits per heavy atom. The Bertz CT molecular complexity index is 495. The van der Waals surface area contributed by atoms with Crippen molar-refractivity contribution in [2.24, 2.45) is 0 Å². The number of nitrogens with zero attached hydrogens (tertiary/aromatic N) is 1. The summed E-state index contributed by atoms with van der Waals surface area (Å²) in [5.74, 6) is 1.07. The summed E-state index contributed by atoms with van der Waals surface area (Å²) < 4.78 is 0. The fourth-order valence-corrected chi connectivity index (χ4v) is 2.18. The van der Waals surface area contributed by atoms with Gasteiger partial charge in [-0.05, 0) is 31.2 Å². The van der Waals surface area contributed by atoms with Crippen LogP contribution in [-0.4, -0.2) is 42.3 Å². The summed E-state index contributed by atoms with van der Waals surface area (Å²) in [7, 11) is 3.41. The van der Waals surface area contributed by atoms with Gasteiger partial charge in [0.25, 0.3) is 5.91 Å². The van der Waals surface area contributed by atoms with E-state index in [0.717, 1.165) is 11.3 Å². The third kappa shape index (κ3) is 5.48. The van der Waals surface area contributed by atoms with E-state index in [0.29, 0.717) is 17.0 Å². The molecule has 0 unspecified atom stereocenters. The number of nitrogens with one attached hydrogen (secondary N) is 1. The molecule has 0 radical (unpaired) electrons. The van der Waals surface area contributed by atoms with Gasteiger partial charge in [0.1, 0.15) is 0 Å². The maximum Gasteiger partial charge on any atom is 0.253 e. The number of carbonyl (C=O) groups is 2. The minimum atomic E-state index is -0.0557. The number of rotatable bonds is 6. The van der Waals surface area contributed by atoms with Gasteiger partial charge < -0.3 is 10.2 Å². The van der Waals surface area contributed by atoms with E-state index in [-0.39, 0.29) is 11.8 Å². The highest BCUT2D eigenvalue weighted by molar-refractivity contribution is 8.00. The molecule has 1 aromatic carbocycles. The van der Waals surface area contributed by atoms with E-state index in [1.54, 1.807) is 38.4 Å². The number of hydrogen-bond donors (Lipinski definition) is 1. The number of benzene rings is 1. The van der Waals surface area contributed by atoms with Gasteiger partial charge in [0.05, 0.1) is 5.75 Å². The highest BCUT2D eigenvalue weighted by atomic mass is 32.2. The van der Waals surface area contributed by atoms with Crippen LogP contribution in [0.2, 0.25) is 0 Å². The molecular formula is C15H20N2O2S. The second kappa shape index (κ2) is 7.75. The van der Waals surface area contributed by atoms with E-state index in [2.05, 4.69) is 11.9 Å². The Morgan fingerprint density at radius 2 is 1.80 bits per heavy atom. The first-order chi connectivity index (χ1) is 9.40. The molecule has 0 aliphatic rings. The molecule has 0 fully saturated rings. The standard InChI is InChI=1S/C15H20N2O2S/c1-11(2)9-20-10-14(18)16-13-7-5-12(6-8-13)15(19)17(3)4/h5-8H,1,9-10H2,2-4H3,(H,16,18). The molecule has 0 saturated heterocycles. The van der Waals surface area contributed by atoms with Crippen LogP contribution in [0.25, 0.3) is 0 Å². The molecule has 0 saturated carbocycles. The second-order valence-corrected chi connectivity index (χ2v) is 5.76. The van der Waals surface area contributed by atoms with Gasteiger partial charge in [-0.3, -0.25) is 9.59 Å². The van der Waals surface area contributed by atoms with Crippen LogP contribution in [0.3, 0.4) is 0 Å². The van der Waals surface area contributed by atoms with Crippen molar-refractivity contribution < 1.29 is 9.59 Å². The van der Waals surface area contributed by atoms with E-state index in [1.807, 2.05) is 6.92 Å². The number of thioether (sulfide) groups is 1. The summed E-state index contributed by atoms with van der Waals surface area (Å²) in [4.78, 5) is 24.9. The Labute approximate surface area is 124 Å². The van der Waals surface area contributed by atoms with E-state index in [1.165, 1.54) is 16.7 Å². The quantitative estimate of drug-likeness (QED) is 0.820. The van der Waals surface area contributed by atoms with Gasteiger partial charge in [-0.25, -0.2) is 0 Å². The molecule has 1 aromatic rings. The highest BCUT2D eigenvalue weighted by Crippen LogP contribution is 2.12. The average Bonchev–Trinajstić information content (AvgIpc) is 2.38. The molecule has 20 heavy (non-hydrogen) atoms. The maximum absolute atomic E-state index is 11.7. The second-order valence-electron chi connectivity index (χ2n) is 4.78. The lowest BCUT2D eigenvalue weighted by atomic mass is 10.2. The zero-order valence-electron chi connectivity index (χ0n) is 12.1. The molecule has 0 heterocycles. The largest absolute Gasteiger partial charge is 0.345 e. The van der Waals surface area contributed by atoms with Crippen LogP contribution < -0.4 is 5.32 Å². The van der Waals surface area contributed by atoms with Crippen LogP contribution in [0.15, 0.2) is 36.4 Å². The fourth-order valence-electron chi connectivity index (χ4n) is 1.47.